The third kappa shape index (κ3) is 2.61. The van der Waals surface area contributed by atoms with E-state index in [1.54, 1.807) is 6.07 Å². The Bertz CT molecular complexity index is 497. The van der Waals surface area contributed by atoms with Crippen molar-refractivity contribution in [1.82, 2.24) is 0 Å². The van der Waals surface area contributed by atoms with Crippen molar-refractivity contribution in [1.29, 1.82) is 0 Å². The van der Waals surface area contributed by atoms with Crippen molar-refractivity contribution in [3.8, 4) is 0 Å². The fourth-order valence-corrected chi connectivity index (χ4v) is 1.70. The maximum absolute atomic E-state index is 13.5. The number of para-hydroxylation sites is 1. The van der Waals surface area contributed by atoms with Gasteiger partial charge in [-0.05, 0) is 18.2 Å². The highest BCUT2D eigenvalue weighted by atomic mass is 19.2. The maximum atomic E-state index is 13.5. The first-order valence-electron chi connectivity index (χ1n) is 5.37. The quantitative estimate of drug-likeness (QED) is 0.783. The molecule has 0 aliphatic rings. The van der Waals surface area contributed by atoms with E-state index in [2.05, 4.69) is 0 Å². The van der Waals surface area contributed by atoms with Crippen molar-refractivity contribution < 1.29 is 8.78 Å². The third-order valence-electron chi connectivity index (χ3n) is 2.64. The lowest BCUT2D eigenvalue weighted by molar-refractivity contribution is 0.498. The zero-order valence-corrected chi connectivity index (χ0v) is 9.53. The molecule has 2 rings (SSSR count). The first kappa shape index (κ1) is 11.6. The molecule has 2 aromatic rings. The molecule has 0 N–H and O–H groups in total. The van der Waals surface area contributed by atoms with Gasteiger partial charge in [0.15, 0.2) is 11.6 Å². The zero-order valence-electron chi connectivity index (χ0n) is 9.53. The van der Waals surface area contributed by atoms with Gasteiger partial charge in [0.1, 0.15) is 0 Å². The Morgan fingerprint density at radius 2 is 1.65 bits per heavy atom. The predicted molar refractivity (Wildman–Crippen MR) is 64.9 cm³/mol. The van der Waals surface area contributed by atoms with Gasteiger partial charge in [0.2, 0.25) is 0 Å². The van der Waals surface area contributed by atoms with Gasteiger partial charge in [-0.25, -0.2) is 8.78 Å². The fourth-order valence-electron chi connectivity index (χ4n) is 1.70. The van der Waals surface area contributed by atoms with Crippen LogP contribution in [0.5, 0.6) is 0 Å². The molecular weight excluding hydrogens is 220 g/mol. The van der Waals surface area contributed by atoms with Crippen molar-refractivity contribution in [2.75, 3.05) is 11.9 Å². The van der Waals surface area contributed by atoms with E-state index in [4.69, 9.17) is 0 Å². The molecule has 88 valence electrons. The van der Waals surface area contributed by atoms with E-state index in [0.29, 0.717) is 12.1 Å². The summed E-state index contributed by atoms with van der Waals surface area (Å²) in [6.45, 7) is 0.341. The van der Waals surface area contributed by atoms with Gasteiger partial charge in [-0.15, -0.1) is 0 Å². The average molecular weight is 233 g/mol. The molecule has 0 atom stereocenters. The summed E-state index contributed by atoms with van der Waals surface area (Å²) >= 11 is 0. The molecule has 0 saturated carbocycles. The number of hydrogen-bond acceptors (Lipinski definition) is 1. The molecule has 0 amide bonds. The molecule has 0 aliphatic heterocycles. The van der Waals surface area contributed by atoms with Crippen LogP contribution in [0.4, 0.5) is 14.5 Å². The van der Waals surface area contributed by atoms with Crippen molar-refractivity contribution in [2.45, 2.75) is 6.54 Å². The first-order valence-corrected chi connectivity index (χ1v) is 5.37. The lowest BCUT2D eigenvalue weighted by atomic mass is 10.2. The molecule has 0 bridgehead atoms. The van der Waals surface area contributed by atoms with Crippen LogP contribution >= 0.6 is 0 Å². The first-order chi connectivity index (χ1) is 8.18. The molecule has 0 spiro atoms. The second-order valence-corrected chi connectivity index (χ2v) is 3.90. The van der Waals surface area contributed by atoms with Gasteiger partial charge < -0.3 is 4.90 Å². The lowest BCUT2D eigenvalue weighted by Gasteiger charge is -2.19. The lowest BCUT2D eigenvalue weighted by Crippen LogP contribution is -2.17. The van der Waals surface area contributed by atoms with Crippen LogP contribution < -0.4 is 4.90 Å². The molecule has 0 radical (unpaired) electrons. The minimum Gasteiger partial charge on any atom is -0.370 e. The van der Waals surface area contributed by atoms with Crippen LogP contribution in [0.15, 0.2) is 48.5 Å². The summed E-state index contributed by atoms with van der Waals surface area (Å²) in [4.78, 5) is 1.87. The number of rotatable bonds is 3. The maximum Gasteiger partial charge on any atom is 0.163 e. The largest absolute Gasteiger partial charge is 0.370 e. The summed E-state index contributed by atoms with van der Waals surface area (Å²) < 4.78 is 26.5. The Hall–Kier alpha value is -1.90. The summed E-state index contributed by atoms with van der Waals surface area (Å²) in [5.74, 6) is -1.57. The summed E-state index contributed by atoms with van der Waals surface area (Å²) in [5, 5.41) is 0. The van der Waals surface area contributed by atoms with Crippen LogP contribution in [-0.2, 0) is 6.54 Å². The topological polar surface area (TPSA) is 3.24 Å². The smallest absolute Gasteiger partial charge is 0.163 e. The molecular formula is C14H13F2N. The second kappa shape index (κ2) is 4.95. The number of anilines is 1. The Balaban J connectivity index is 2.19. The summed E-state index contributed by atoms with van der Waals surface area (Å²) in [7, 11) is 1.85. The molecule has 2 aromatic carbocycles. The van der Waals surface area contributed by atoms with Crippen LogP contribution in [0.25, 0.3) is 0 Å². The Kier molecular flexibility index (Phi) is 3.38. The molecule has 0 heterocycles. The van der Waals surface area contributed by atoms with E-state index >= 15 is 0 Å². The number of nitrogens with zero attached hydrogens (tertiary/aromatic N) is 1. The molecule has 17 heavy (non-hydrogen) atoms. The second-order valence-electron chi connectivity index (χ2n) is 3.90. The Labute approximate surface area is 99.3 Å². The van der Waals surface area contributed by atoms with E-state index in [9.17, 15) is 8.78 Å². The average Bonchev–Trinajstić information content (AvgIpc) is 2.36. The van der Waals surface area contributed by atoms with Crippen LogP contribution in [-0.4, -0.2) is 7.05 Å². The van der Waals surface area contributed by atoms with Crippen LogP contribution in [0.2, 0.25) is 0 Å². The van der Waals surface area contributed by atoms with E-state index < -0.39 is 11.6 Å². The van der Waals surface area contributed by atoms with Crippen molar-refractivity contribution in [3.05, 3.63) is 65.7 Å². The van der Waals surface area contributed by atoms with Crippen molar-refractivity contribution >= 4 is 5.69 Å². The summed E-state index contributed by atoms with van der Waals surface area (Å²) in [6, 6.07) is 13.8. The van der Waals surface area contributed by atoms with Gasteiger partial charge in [-0.1, -0.05) is 30.3 Å². The molecule has 1 nitrogen and oxygen atoms in total. The van der Waals surface area contributed by atoms with Gasteiger partial charge in [-0.2, -0.15) is 0 Å². The number of halogens is 2. The standard InChI is InChI=1S/C14H13F2N/c1-17(12-7-3-2-4-8-12)10-11-6-5-9-13(15)14(11)16/h2-9H,10H2,1H3. The molecule has 0 fully saturated rings. The fraction of sp³-hybridized carbons (Fsp3) is 0.143. The molecule has 0 unspecified atom stereocenters. The summed E-state index contributed by atoms with van der Waals surface area (Å²) in [6.07, 6.45) is 0. The van der Waals surface area contributed by atoms with Crippen molar-refractivity contribution in [3.63, 3.8) is 0 Å². The minimum absolute atomic E-state index is 0.341. The van der Waals surface area contributed by atoms with Gasteiger partial charge in [0.25, 0.3) is 0 Å². The molecule has 0 aromatic heterocycles. The minimum atomic E-state index is -0.802. The third-order valence-corrected chi connectivity index (χ3v) is 2.64. The van der Waals surface area contributed by atoms with Crippen LogP contribution in [0.3, 0.4) is 0 Å². The van der Waals surface area contributed by atoms with E-state index in [-0.39, 0.29) is 0 Å². The molecule has 0 aliphatic carbocycles. The Morgan fingerprint density at radius 3 is 2.35 bits per heavy atom. The van der Waals surface area contributed by atoms with Gasteiger partial charge in [-0.3, -0.25) is 0 Å². The van der Waals surface area contributed by atoms with Crippen molar-refractivity contribution in [2.24, 2.45) is 0 Å². The number of hydrogen-bond donors (Lipinski definition) is 0. The Morgan fingerprint density at radius 1 is 0.941 bits per heavy atom. The van der Waals surface area contributed by atoms with E-state index in [1.165, 1.54) is 6.07 Å². The van der Waals surface area contributed by atoms with E-state index in [1.807, 2.05) is 42.3 Å². The summed E-state index contributed by atoms with van der Waals surface area (Å²) in [5.41, 5.74) is 1.33. The highest BCUT2D eigenvalue weighted by Gasteiger charge is 2.09. The molecule has 0 saturated heterocycles. The molecule has 3 heteroatoms. The highest BCUT2D eigenvalue weighted by Crippen LogP contribution is 2.17. The van der Waals surface area contributed by atoms with Crippen LogP contribution in [0, 0.1) is 11.6 Å². The van der Waals surface area contributed by atoms with Gasteiger partial charge in [0.05, 0.1) is 0 Å². The van der Waals surface area contributed by atoms with Gasteiger partial charge >= 0.3 is 0 Å². The SMILES string of the molecule is CN(Cc1cccc(F)c1F)c1ccccc1. The van der Waals surface area contributed by atoms with Crippen LogP contribution in [0.1, 0.15) is 5.56 Å². The monoisotopic (exact) mass is 233 g/mol. The normalized spacial score (nSPS) is 10.3. The highest BCUT2D eigenvalue weighted by molar-refractivity contribution is 5.45. The van der Waals surface area contributed by atoms with E-state index in [0.717, 1.165) is 11.8 Å². The van der Waals surface area contributed by atoms with Gasteiger partial charge in [0, 0.05) is 24.8 Å². The zero-order chi connectivity index (χ0) is 12.3. The predicted octanol–water partition coefficient (Wildman–Crippen LogP) is 3.60. The number of benzene rings is 2.